The van der Waals surface area contributed by atoms with Crippen LogP contribution in [0.3, 0.4) is 0 Å². The van der Waals surface area contributed by atoms with Crippen molar-refractivity contribution in [2.45, 2.75) is 6.18 Å². The first-order valence-corrected chi connectivity index (χ1v) is 6.45. The lowest BCUT2D eigenvalue weighted by Crippen LogP contribution is -2.16. The van der Waals surface area contributed by atoms with Crippen molar-refractivity contribution >= 4 is 17.6 Å². The van der Waals surface area contributed by atoms with E-state index in [9.17, 15) is 27.2 Å². The molecule has 0 saturated carbocycles. The highest BCUT2D eigenvalue weighted by Gasteiger charge is 2.32. The first-order valence-electron chi connectivity index (χ1n) is 6.45. The minimum atomic E-state index is -4.70. The van der Waals surface area contributed by atoms with Crippen LogP contribution in [0.25, 0.3) is 0 Å². The van der Waals surface area contributed by atoms with Gasteiger partial charge in [-0.2, -0.15) is 13.2 Å². The van der Waals surface area contributed by atoms with E-state index in [4.69, 9.17) is 0 Å². The number of halogens is 4. The smallest absolute Gasteiger partial charge is 0.416 e. The van der Waals surface area contributed by atoms with Crippen LogP contribution >= 0.6 is 0 Å². The zero-order valence-corrected chi connectivity index (χ0v) is 12.1. The number of benzene rings is 1. The molecule has 126 valence electrons. The van der Waals surface area contributed by atoms with Crippen LogP contribution in [0.15, 0.2) is 36.5 Å². The second-order valence-corrected chi connectivity index (χ2v) is 4.57. The zero-order chi connectivity index (χ0) is 17.9. The van der Waals surface area contributed by atoms with Gasteiger partial charge in [0.15, 0.2) is 0 Å². The molecular weight excluding hydrogens is 332 g/mol. The molecule has 0 atom stereocenters. The number of pyridine rings is 1. The fourth-order valence-corrected chi connectivity index (χ4v) is 1.77. The molecule has 0 saturated heterocycles. The summed E-state index contributed by atoms with van der Waals surface area (Å²) in [6.45, 7) is 0. The highest BCUT2D eigenvalue weighted by Crippen LogP contribution is 2.30. The Morgan fingerprint density at radius 3 is 2.42 bits per heavy atom. The zero-order valence-electron chi connectivity index (χ0n) is 12.1. The summed E-state index contributed by atoms with van der Waals surface area (Å²) in [7, 11) is 1.16. The number of methoxy groups -OCH3 is 1. The van der Waals surface area contributed by atoms with Gasteiger partial charge in [0.1, 0.15) is 11.5 Å². The summed E-state index contributed by atoms with van der Waals surface area (Å²) >= 11 is 0. The molecule has 1 amide bonds. The lowest BCUT2D eigenvalue weighted by molar-refractivity contribution is -0.137. The van der Waals surface area contributed by atoms with E-state index in [1.807, 2.05) is 0 Å². The largest absolute Gasteiger partial charge is 0.464 e. The molecule has 2 aromatic rings. The van der Waals surface area contributed by atoms with Gasteiger partial charge in [0, 0.05) is 0 Å². The SMILES string of the molecule is COC(=O)c1ccc(NC(=O)c2cc(C(F)(F)F)ccc2F)cn1. The highest BCUT2D eigenvalue weighted by molar-refractivity contribution is 6.04. The second-order valence-electron chi connectivity index (χ2n) is 4.57. The molecule has 0 aliphatic rings. The Morgan fingerprint density at radius 1 is 1.17 bits per heavy atom. The third-order valence-corrected chi connectivity index (χ3v) is 2.95. The van der Waals surface area contributed by atoms with E-state index in [1.54, 1.807) is 0 Å². The molecule has 1 aromatic heterocycles. The Morgan fingerprint density at radius 2 is 1.88 bits per heavy atom. The predicted molar refractivity (Wildman–Crippen MR) is 74.9 cm³/mol. The van der Waals surface area contributed by atoms with E-state index in [0.717, 1.165) is 13.3 Å². The van der Waals surface area contributed by atoms with Gasteiger partial charge in [-0.1, -0.05) is 0 Å². The molecule has 5 nitrogen and oxygen atoms in total. The third-order valence-electron chi connectivity index (χ3n) is 2.95. The second kappa shape index (κ2) is 6.65. The number of hydrogen-bond donors (Lipinski definition) is 1. The summed E-state index contributed by atoms with van der Waals surface area (Å²) in [4.78, 5) is 26.9. The van der Waals surface area contributed by atoms with Gasteiger partial charge < -0.3 is 10.1 Å². The molecule has 1 aromatic carbocycles. The molecule has 0 radical (unpaired) electrons. The van der Waals surface area contributed by atoms with Crippen LogP contribution in [0.4, 0.5) is 23.2 Å². The van der Waals surface area contributed by atoms with Gasteiger partial charge in [-0.25, -0.2) is 14.2 Å². The number of rotatable bonds is 3. The average molecular weight is 342 g/mol. The van der Waals surface area contributed by atoms with Crippen molar-refractivity contribution in [2.75, 3.05) is 12.4 Å². The minimum Gasteiger partial charge on any atom is -0.464 e. The fraction of sp³-hybridized carbons (Fsp3) is 0.133. The van der Waals surface area contributed by atoms with Crippen molar-refractivity contribution in [2.24, 2.45) is 0 Å². The predicted octanol–water partition coefficient (Wildman–Crippen LogP) is 3.28. The van der Waals surface area contributed by atoms with Crippen LogP contribution in [-0.2, 0) is 10.9 Å². The molecule has 9 heteroatoms. The molecular formula is C15H10F4N2O3. The standard InChI is InChI=1S/C15H10F4N2O3/c1-24-14(23)12-5-3-9(7-20-12)21-13(22)10-6-8(15(17,18)19)2-4-11(10)16/h2-7H,1H3,(H,21,22). The molecule has 0 aliphatic carbocycles. The lowest BCUT2D eigenvalue weighted by Gasteiger charge is -2.10. The monoisotopic (exact) mass is 342 g/mol. The van der Waals surface area contributed by atoms with E-state index < -0.39 is 35.0 Å². The number of esters is 1. The molecule has 0 bridgehead atoms. The number of amides is 1. The number of ether oxygens (including phenoxy) is 1. The summed E-state index contributed by atoms with van der Waals surface area (Å²) < 4.78 is 56.0. The van der Waals surface area contributed by atoms with Crippen LogP contribution < -0.4 is 5.32 Å². The average Bonchev–Trinajstić information content (AvgIpc) is 2.54. The summed E-state index contributed by atoms with van der Waals surface area (Å²) in [5.41, 5.74) is -1.86. The van der Waals surface area contributed by atoms with Crippen LogP contribution in [0.1, 0.15) is 26.4 Å². The van der Waals surface area contributed by atoms with Gasteiger partial charge in [-0.05, 0) is 30.3 Å². The molecule has 0 fully saturated rings. The number of aromatic nitrogens is 1. The van der Waals surface area contributed by atoms with Gasteiger partial charge in [0.25, 0.3) is 5.91 Å². The molecule has 0 spiro atoms. The van der Waals surface area contributed by atoms with E-state index >= 15 is 0 Å². The number of anilines is 1. The first kappa shape index (κ1) is 17.4. The van der Waals surface area contributed by atoms with Gasteiger partial charge in [0.05, 0.1) is 30.1 Å². The molecule has 1 N–H and O–H groups in total. The van der Waals surface area contributed by atoms with E-state index in [2.05, 4.69) is 15.0 Å². The van der Waals surface area contributed by atoms with Crippen LogP contribution in [-0.4, -0.2) is 24.0 Å². The van der Waals surface area contributed by atoms with Crippen LogP contribution in [0.2, 0.25) is 0 Å². The maximum atomic E-state index is 13.6. The van der Waals surface area contributed by atoms with Gasteiger partial charge in [-0.15, -0.1) is 0 Å². The van der Waals surface area contributed by atoms with Crippen LogP contribution in [0.5, 0.6) is 0 Å². The number of hydrogen-bond acceptors (Lipinski definition) is 4. The maximum absolute atomic E-state index is 13.6. The fourth-order valence-electron chi connectivity index (χ4n) is 1.77. The normalized spacial score (nSPS) is 11.0. The first-order chi connectivity index (χ1) is 11.2. The van der Waals surface area contributed by atoms with Crippen molar-refractivity contribution in [3.63, 3.8) is 0 Å². The Balaban J connectivity index is 2.22. The Kier molecular flexibility index (Phi) is 4.82. The lowest BCUT2D eigenvalue weighted by atomic mass is 10.1. The van der Waals surface area contributed by atoms with E-state index in [1.165, 1.54) is 12.1 Å². The number of nitrogens with one attached hydrogen (secondary N) is 1. The van der Waals surface area contributed by atoms with Gasteiger partial charge in [0.2, 0.25) is 0 Å². The Hall–Kier alpha value is -2.97. The summed E-state index contributed by atoms with van der Waals surface area (Å²) in [5, 5.41) is 2.20. The van der Waals surface area contributed by atoms with E-state index in [0.29, 0.717) is 18.2 Å². The van der Waals surface area contributed by atoms with Crippen molar-refractivity contribution in [3.05, 3.63) is 59.2 Å². The number of carbonyl (C=O) groups excluding carboxylic acids is 2. The van der Waals surface area contributed by atoms with E-state index in [-0.39, 0.29) is 11.4 Å². The summed E-state index contributed by atoms with van der Waals surface area (Å²) in [6.07, 6.45) is -3.61. The number of nitrogens with zero attached hydrogens (tertiary/aromatic N) is 1. The molecule has 0 unspecified atom stereocenters. The van der Waals surface area contributed by atoms with Crippen molar-refractivity contribution < 1.29 is 31.9 Å². The van der Waals surface area contributed by atoms with Crippen molar-refractivity contribution in [3.8, 4) is 0 Å². The molecule has 24 heavy (non-hydrogen) atoms. The molecule has 0 aliphatic heterocycles. The Labute approximate surface area is 133 Å². The Bertz CT molecular complexity index is 773. The van der Waals surface area contributed by atoms with Gasteiger partial charge in [-0.3, -0.25) is 4.79 Å². The maximum Gasteiger partial charge on any atom is 0.416 e. The van der Waals surface area contributed by atoms with Crippen LogP contribution in [0, 0.1) is 5.82 Å². The summed E-state index contributed by atoms with van der Waals surface area (Å²) in [5.74, 6) is -2.87. The quantitative estimate of drug-likeness (QED) is 0.687. The third kappa shape index (κ3) is 3.86. The molecule has 1 heterocycles. The number of carbonyl (C=O) groups is 2. The van der Waals surface area contributed by atoms with Crippen molar-refractivity contribution in [1.29, 1.82) is 0 Å². The molecule has 2 rings (SSSR count). The topological polar surface area (TPSA) is 68.3 Å². The minimum absolute atomic E-state index is 0.0271. The van der Waals surface area contributed by atoms with Gasteiger partial charge >= 0.3 is 12.1 Å². The highest BCUT2D eigenvalue weighted by atomic mass is 19.4. The number of alkyl halides is 3. The summed E-state index contributed by atoms with van der Waals surface area (Å²) in [6, 6.07) is 4.04. The van der Waals surface area contributed by atoms with Crippen molar-refractivity contribution in [1.82, 2.24) is 4.98 Å².